The lowest BCUT2D eigenvalue weighted by atomic mass is 10.1. The quantitative estimate of drug-likeness (QED) is 0.706. The van der Waals surface area contributed by atoms with Crippen molar-refractivity contribution in [1.82, 2.24) is 9.55 Å². The SMILES string of the molecule is Cc1cccc2c(-c3cc(N)ccn3)cn(C)c12. The molecule has 0 radical (unpaired) electrons. The van der Waals surface area contributed by atoms with Crippen LogP contribution in [0.2, 0.25) is 0 Å². The summed E-state index contributed by atoms with van der Waals surface area (Å²) in [6.45, 7) is 2.12. The van der Waals surface area contributed by atoms with Gasteiger partial charge >= 0.3 is 0 Å². The molecular weight excluding hydrogens is 222 g/mol. The van der Waals surface area contributed by atoms with E-state index in [0.29, 0.717) is 0 Å². The van der Waals surface area contributed by atoms with Gasteiger partial charge in [-0.3, -0.25) is 4.98 Å². The Morgan fingerprint density at radius 2 is 2.06 bits per heavy atom. The summed E-state index contributed by atoms with van der Waals surface area (Å²) in [6.07, 6.45) is 3.86. The van der Waals surface area contributed by atoms with Gasteiger partial charge in [0, 0.05) is 36.1 Å². The number of para-hydroxylation sites is 1. The third kappa shape index (κ3) is 1.56. The number of fused-ring (bicyclic) bond motifs is 1. The van der Waals surface area contributed by atoms with Crippen molar-refractivity contribution in [3.05, 3.63) is 48.3 Å². The number of nitrogens with zero attached hydrogens (tertiary/aromatic N) is 2. The molecular formula is C15H15N3. The summed E-state index contributed by atoms with van der Waals surface area (Å²) in [4.78, 5) is 4.41. The van der Waals surface area contributed by atoms with E-state index in [1.165, 1.54) is 16.5 Å². The molecule has 2 heterocycles. The molecule has 0 unspecified atom stereocenters. The summed E-state index contributed by atoms with van der Waals surface area (Å²) in [7, 11) is 2.06. The van der Waals surface area contributed by atoms with Gasteiger partial charge in [0.25, 0.3) is 0 Å². The first-order valence-electron chi connectivity index (χ1n) is 5.93. The molecule has 0 amide bonds. The van der Waals surface area contributed by atoms with Crippen LogP contribution in [-0.2, 0) is 7.05 Å². The van der Waals surface area contributed by atoms with Crippen LogP contribution in [-0.4, -0.2) is 9.55 Å². The largest absolute Gasteiger partial charge is 0.399 e. The zero-order chi connectivity index (χ0) is 12.7. The van der Waals surface area contributed by atoms with Crippen LogP contribution in [0.3, 0.4) is 0 Å². The zero-order valence-electron chi connectivity index (χ0n) is 10.5. The van der Waals surface area contributed by atoms with Gasteiger partial charge < -0.3 is 10.3 Å². The molecule has 3 aromatic rings. The highest BCUT2D eigenvalue weighted by Crippen LogP contribution is 2.31. The van der Waals surface area contributed by atoms with E-state index in [0.717, 1.165) is 16.9 Å². The number of benzene rings is 1. The van der Waals surface area contributed by atoms with Crippen LogP contribution in [0.25, 0.3) is 22.2 Å². The highest BCUT2D eigenvalue weighted by molar-refractivity contribution is 5.97. The van der Waals surface area contributed by atoms with Crippen molar-refractivity contribution in [2.24, 2.45) is 7.05 Å². The first-order chi connectivity index (χ1) is 8.66. The van der Waals surface area contributed by atoms with E-state index < -0.39 is 0 Å². The molecule has 3 heteroatoms. The summed E-state index contributed by atoms with van der Waals surface area (Å²) in [5, 5.41) is 1.22. The van der Waals surface area contributed by atoms with Crippen LogP contribution in [0.4, 0.5) is 5.69 Å². The third-order valence-corrected chi connectivity index (χ3v) is 3.26. The molecule has 18 heavy (non-hydrogen) atoms. The van der Waals surface area contributed by atoms with Gasteiger partial charge in [-0.2, -0.15) is 0 Å². The molecule has 1 aromatic carbocycles. The fraction of sp³-hybridized carbons (Fsp3) is 0.133. The van der Waals surface area contributed by atoms with E-state index in [2.05, 4.69) is 47.9 Å². The average molecular weight is 237 g/mol. The first-order valence-corrected chi connectivity index (χ1v) is 5.93. The van der Waals surface area contributed by atoms with E-state index in [1.54, 1.807) is 12.3 Å². The van der Waals surface area contributed by atoms with Crippen molar-refractivity contribution >= 4 is 16.6 Å². The molecule has 0 aliphatic heterocycles. The van der Waals surface area contributed by atoms with Crippen LogP contribution < -0.4 is 5.73 Å². The number of aryl methyl sites for hydroxylation is 2. The normalized spacial score (nSPS) is 11.0. The van der Waals surface area contributed by atoms with E-state index in [-0.39, 0.29) is 0 Å². The lowest BCUT2D eigenvalue weighted by Gasteiger charge is -2.01. The maximum Gasteiger partial charge on any atom is 0.0743 e. The van der Waals surface area contributed by atoms with Crippen molar-refractivity contribution in [3.63, 3.8) is 0 Å². The van der Waals surface area contributed by atoms with Crippen LogP contribution in [0.15, 0.2) is 42.7 Å². The lowest BCUT2D eigenvalue weighted by Crippen LogP contribution is -1.87. The maximum absolute atomic E-state index is 5.83. The average Bonchev–Trinajstić information content (AvgIpc) is 2.68. The van der Waals surface area contributed by atoms with Gasteiger partial charge in [0.1, 0.15) is 0 Å². The van der Waals surface area contributed by atoms with Crippen molar-refractivity contribution in [2.75, 3.05) is 5.73 Å². The number of pyridine rings is 1. The number of rotatable bonds is 1. The van der Waals surface area contributed by atoms with Gasteiger partial charge in [-0.1, -0.05) is 18.2 Å². The van der Waals surface area contributed by atoms with Gasteiger partial charge in [0.2, 0.25) is 0 Å². The minimum atomic E-state index is 0.740. The molecule has 0 aliphatic rings. The predicted octanol–water partition coefficient (Wildman–Crippen LogP) is 3.13. The second-order valence-electron chi connectivity index (χ2n) is 4.60. The fourth-order valence-corrected chi connectivity index (χ4v) is 2.47. The van der Waals surface area contributed by atoms with Crippen molar-refractivity contribution in [1.29, 1.82) is 0 Å². The standard InChI is InChI=1S/C15H15N3/c1-10-4-3-5-12-13(9-18(2)15(10)12)14-8-11(16)6-7-17-14/h3-9H,1-2H3,(H2,16,17). The topological polar surface area (TPSA) is 43.8 Å². The molecule has 3 nitrogen and oxygen atoms in total. The Labute approximate surface area is 106 Å². The molecule has 90 valence electrons. The lowest BCUT2D eigenvalue weighted by molar-refractivity contribution is 0.964. The molecule has 3 rings (SSSR count). The highest BCUT2D eigenvalue weighted by Gasteiger charge is 2.10. The van der Waals surface area contributed by atoms with Crippen LogP contribution >= 0.6 is 0 Å². The molecule has 2 aromatic heterocycles. The van der Waals surface area contributed by atoms with Crippen molar-refractivity contribution in [2.45, 2.75) is 6.92 Å². The monoisotopic (exact) mass is 237 g/mol. The van der Waals surface area contributed by atoms with Gasteiger partial charge in [0.15, 0.2) is 0 Å². The smallest absolute Gasteiger partial charge is 0.0743 e. The molecule has 2 N–H and O–H groups in total. The number of aromatic nitrogens is 2. The highest BCUT2D eigenvalue weighted by atomic mass is 14.9. The van der Waals surface area contributed by atoms with Gasteiger partial charge in [-0.25, -0.2) is 0 Å². The summed E-state index contributed by atoms with van der Waals surface area (Å²) in [6, 6.07) is 10.0. The van der Waals surface area contributed by atoms with Crippen LogP contribution in [0.5, 0.6) is 0 Å². The molecule has 0 spiro atoms. The number of hydrogen-bond acceptors (Lipinski definition) is 2. The molecule has 0 atom stereocenters. The van der Waals surface area contributed by atoms with E-state index in [9.17, 15) is 0 Å². The Morgan fingerprint density at radius 1 is 1.22 bits per heavy atom. The summed E-state index contributed by atoms with van der Waals surface area (Å²) in [5.74, 6) is 0. The van der Waals surface area contributed by atoms with Crippen LogP contribution in [0, 0.1) is 6.92 Å². The molecule has 0 aliphatic carbocycles. The molecule has 0 saturated carbocycles. The maximum atomic E-state index is 5.83. The summed E-state index contributed by atoms with van der Waals surface area (Å²) < 4.78 is 2.14. The Morgan fingerprint density at radius 3 is 2.83 bits per heavy atom. The third-order valence-electron chi connectivity index (χ3n) is 3.26. The molecule has 0 saturated heterocycles. The van der Waals surface area contributed by atoms with Crippen molar-refractivity contribution in [3.8, 4) is 11.3 Å². The van der Waals surface area contributed by atoms with E-state index in [4.69, 9.17) is 5.73 Å². The van der Waals surface area contributed by atoms with Crippen molar-refractivity contribution < 1.29 is 0 Å². The Bertz CT molecular complexity index is 726. The number of nitrogen functional groups attached to an aromatic ring is 1. The number of nitrogens with two attached hydrogens (primary N) is 1. The second-order valence-corrected chi connectivity index (χ2v) is 4.60. The molecule has 0 fully saturated rings. The fourth-order valence-electron chi connectivity index (χ4n) is 2.47. The Kier molecular flexibility index (Phi) is 2.33. The Hall–Kier alpha value is -2.29. The molecule has 0 bridgehead atoms. The summed E-state index contributed by atoms with van der Waals surface area (Å²) >= 11 is 0. The van der Waals surface area contributed by atoms with Crippen LogP contribution in [0.1, 0.15) is 5.56 Å². The van der Waals surface area contributed by atoms with Gasteiger partial charge in [-0.15, -0.1) is 0 Å². The summed E-state index contributed by atoms with van der Waals surface area (Å²) in [5.41, 5.74) is 11.1. The Balaban J connectivity index is 2.34. The van der Waals surface area contributed by atoms with E-state index >= 15 is 0 Å². The minimum absolute atomic E-state index is 0.740. The van der Waals surface area contributed by atoms with E-state index in [1.807, 2.05) is 6.07 Å². The van der Waals surface area contributed by atoms with Gasteiger partial charge in [0.05, 0.1) is 11.2 Å². The van der Waals surface area contributed by atoms with Gasteiger partial charge in [-0.05, 0) is 24.6 Å². The minimum Gasteiger partial charge on any atom is -0.399 e. The first kappa shape index (κ1) is 10.8. The number of anilines is 1. The second kappa shape index (κ2) is 3.88. The number of hydrogen-bond donors (Lipinski definition) is 1. The predicted molar refractivity (Wildman–Crippen MR) is 75.3 cm³/mol. The zero-order valence-corrected chi connectivity index (χ0v) is 10.5.